The summed E-state index contributed by atoms with van der Waals surface area (Å²) in [5.74, 6) is -1.08. The van der Waals surface area contributed by atoms with Crippen molar-refractivity contribution in [1.82, 2.24) is 0 Å². The zero-order valence-corrected chi connectivity index (χ0v) is 17.6. The zero-order chi connectivity index (χ0) is 22.1. The van der Waals surface area contributed by atoms with Gasteiger partial charge < -0.3 is 9.84 Å². The SMILES string of the molecule is COc1ccccc1C1/C(=C(\O)c2ccc(C)c(C)c2)C(=O)C(=O)N1c1ccccc1. The minimum atomic E-state index is -0.819. The van der Waals surface area contributed by atoms with Crippen LogP contribution in [0.4, 0.5) is 5.69 Å². The fraction of sp³-hybridized carbons (Fsp3) is 0.154. The van der Waals surface area contributed by atoms with Crippen molar-refractivity contribution in [2.45, 2.75) is 19.9 Å². The molecular formula is C26H23NO4. The fourth-order valence-corrected chi connectivity index (χ4v) is 3.92. The van der Waals surface area contributed by atoms with Gasteiger partial charge in [0.05, 0.1) is 18.7 Å². The van der Waals surface area contributed by atoms with E-state index in [0.29, 0.717) is 22.6 Å². The number of benzene rings is 3. The van der Waals surface area contributed by atoms with Crippen LogP contribution in [0.5, 0.6) is 5.75 Å². The molecule has 1 saturated heterocycles. The van der Waals surface area contributed by atoms with Crippen LogP contribution in [0.15, 0.2) is 78.4 Å². The van der Waals surface area contributed by atoms with Crippen molar-refractivity contribution in [2.75, 3.05) is 12.0 Å². The number of hydrogen-bond acceptors (Lipinski definition) is 4. The highest BCUT2D eigenvalue weighted by atomic mass is 16.5. The molecule has 0 spiro atoms. The second-order valence-corrected chi connectivity index (χ2v) is 7.55. The molecule has 5 heteroatoms. The molecule has 0 bridgehead atoms. The number of aliphatic hydroxyl groups excluding tert-OH is 1. The van der Waals surface area contributed by atoms with Crippen molar-refractivity contribution in [3.8, 4) is 5.75 Å². The van der Waals surface area contributed by atoms with Crippen LogP contribution in [0, 0.1) is 13.8 Å². The molecule has 1 N–H and O–H groups in total. The average Bonchev–Trinajstić information content (AvgIpc) is 3.06. The maximum absolute atomic E-state index is 13.2. The molecule has 3 aromatic rings. The Morgan fingerprint density at radius 2 is 1.58 bits per heavy atom. The minimum absolute atomic E-state index is 0.0432. The van der Waals surface area contributed by atoms with Crippen molar-refractivity contribution < 1.29 is 19.4 Å². The van der Waals surface area contributed by atoms with Gasteiger partial charge in [0.25, 0.3) is 11.7 Å². The Bertz CT molecular complexity index is 1200. The van der Waals surface area contributed by atoms with E-state index in [2.05, 4.69) is 0 Å². The molecule has 1 heterocycles. The molecular weight excluding hydrogens is 390 g/mol. The number of anilines is 1. The summed E-state index contributed by atoms with van der Waals surface area (Å²) in [5, 5.41) is 11.2. The number of carbonyl (C=O) groups is 2. The topological polar surface area (TPSA) is 66.8 Å². The van der Waals surface area contributed by atoms with Gasteiger partial charge in [0.15, 0.2) is 0 Å². The largest absolute Gasteiger partial charge is 0.507 e. The molecule has 1 aliphatic heterocycles. The Morgan fingerprint density at radius 1 is 0.903 bits per heavy atom. The monoisotopic (exact) mass is 413 g/mol. The maximum atomic E-state index is 13.2. The van der Waals surface area contributed by atoms with Crippen molar-refractivity contribution in [3.63, 3.8) is 0 Å². The van der Waals surface area contributed by atoms with Gasteiger partial charge in [-0.05, 0) is 49.2 Å². The Balaban J connectivity index is 1.99. The third-order valence-corrected chi connectivity index (χ3v) is 5.69. The van der Waals surface area contributed by atoms with Crippen molar-refractivity contribution in [2.24, 2.45) is 0 Å². The van der Waals surface area contributed by atoms with Crippen LogP contribution in [0.25, 0.3) is 5.76 Å². The highest BCUT2D eigenvalue weighted by molar-refractivity contribution is 6.51. The summed E-state index contributed by atoms with van der Waals surface area (Å²) in [6, 6.07) is 20.8. The summed E-state index contributed by atoms with van der Waals surface area (Å²) in [6.07, 6.45) is 0. The zero-order valence-electron chi connectivity index (χ0n) is 17.6. The Hall–Kier alpha value is -3.86. The van der Waals surface area contributed by atoms with Crippen LogP contribution in [-0.2, 0) is 9.59 Å². The highest BCUT2D eigenvalue weighted by Gasteiger charge is 2.47. The lowest BCUT2D eigenvalue weighted by atomic mass is 9.93. The van der Waals surface area contributed by atoms with E-state index in [-0.39, 0.29) is 11.3 Å². The first-order valence-corrected chi connectivity index (χ1v) is 10.0. The van der Waals surface area contributed by atoms with Gasteiger partial charge in [0, 0.05) is 16.8 Å². The van der Waals surface area contributed by atoms with Crippen molar-refractivity contribution in [3.05, 3.63) is 101 Å². The van der Waals surface area contributed by atoms with E-state index in [1.165, 1.54) is 12.0 Å². The smallest absolute Gasteiger partial charge is 0.300 e. The molecule has 1 amide bonds. The molecule has 4 rings (SSSR count). The van der Waals surface area contributed by atoms with E-state index >= 15 is 0 Å². The molecule has 0 radical (unpaired) electrons. The van der Waals surface area contributed by atoms with E-state index in [9.17, 15) is 14.7 Å². The van der Waals surface area contributed by atoms with Crippen LogP contribution in [-0.4, -0.2) is 23.9 Å². The van der Waals surface area contributed by atoms with E-state index in [4.69, 9.17) is 4.74 Å². The summed E-state index contributed by atoms with van der Waals surface area (Å²) in [7, 11) is 1.54. The lowest BCUT2D eigenvalue weighted by molar-refractivity contribution is -0.132. The van der Waals surface area contributed by atoms with Gasteiger partial charge in [-0.25, -0.2) is 0 Å². The summed E-state index contributed by atoms with van der Waals surface area (Å²) in [5.41, 5.74) is 3.78. The van der Waals surface area contributed by atoms with E-state index in [0.717, 1.165) is 11.1 Å². The molecule has 0 aliphatic carbocycles. The first-order chi connectivity index (χ1) is 14.9. The third-order valence-electron chi connectivity index (χ3n) is 5.69. The van der Waals surface area contributed by atoms with Gasteiger partial charge in [0.2, 0.25) is 0 Å². The number of amides is 1. The highest BCUT2D eigenvalue weighted by Crippen LogP contribution is 2.44. The Labute approximate surface area is 181 Å². The summed E-state index contributed by atoms with van der Waals surface area (Å²) >= 11 is 0. The molecule has 1 unspecified atom stereocenters. The van der Waals surface area contributed by atoms with Crippen molar-refractivity contribution >= 4 is 23.1 Å². The van der Waals surface area contributed by atoms with E-state index in [1.54, 1.807) is 42.5 Å². The number of aliphatic hydroxyl groups is 1. The molecule has 156 valence electrons. The second-order valence-electron chi connectivity index (χ2n) is 7.55. The van der Waals surface area contributed by atoms with E-state index < -0.39 is 17.7 Å². The quantitative estimate of drug-likeness (QED) is 0.374. The molecule has 3 aromatic carbocycles. The van der Waals surface area contributed by atoms with Gasteiger partial charge in [0.1, 0.15) is 11.5 Å². The average molecular weight is 413 g/mol. The minimum Gasteiger partial charge on any atom is -0.507 e. The number of carbonyl (C=O) groups excluding carboxylic acids is 2. The van der Waals surface area contributed by atoms with Gasteiger partial charge in [-0.1, -0.05) is 48.5 Å². The lowest BCUT2D eigenvalue weighted by Gasteiger charge is -2.26. The number of para-hydroxylation sites is 2. The van der Waals surface area contributed by atoms with Crippen molar-refractivity contribution in [1.29, 1.82) is 0 Å². The van der Waals surface area contributed by atoms with Crippen LogP contribution < -0.4 is 9.64 Å². The number of ketones is 1. The number of hydrogen-bond donors (Lipinski definition) is 1. The molecule has 31 heavy (non-hydrogen) atoms. The van der Waals surface area contributed by atoms with E-state index in [1.807, 2.05) is 44.2 Å². The summed E-state index contributed by atoms with van der Waals surface area (Å²) in [6.45, 7) is 3.91. The first-order valence-electron chi connectivity index (χ1n) is 10.0. The normalized spacial score (nSPS) is 17.8. The van der Waals surface area contributed by atoms with Crippen LogP contribution in [0.1, 0.15) is 28.3 Å². The Morgan fingerprint density at radius 3 is 2.26 bits per heavy atom. The number of nitrogens with zero attached hydrogens (tertiary/aromatic N) is 1. The number of ether oxygens (including phenoxy) is 1. The van der Waals surface area contributed by atoms with Gasteiger partial charge in [-0.2, -0.15) is 0 Å². The Kier molecular flexibility index (Phi) is 5.34. The molecule has 0 saturated carbocycles. The predicted octanol–water partition coefficient (Wildman–Crippen LogP) is 4.94. The number of methoxy groups -OCH3 is 1. The number of rotatable bonds is 4. The lowest BCUT2D eigenvalue weighted by Crippen LogP contribution is -2.29. The summed E-state index contributed by atoms with van der Waals surface area (Å²) in [4.78, 5) is 27.8. The fourth-order valence-electron chi connectivity index (χ4n) is 3.92. The van der Waals surface area contributed by atoms with Gasteiger partial charge in [-0.15, -0.1) is 0 Å². The molecule has 5 nitrogen and oxygen atoms in total. The molecule has 1 aliphatic rings. The molecule has 1 atom stereocenters. The maximum Gasteiger partial charge on any atom is 0.300 e. The van der Waals surface area contributed by atoms with Gasteiger partial charge in [-0.3, -0.25) is 14.5 Å². The van der Waals surface area contributed by atoms with Crippen LogP contribution >= 0.6 is 0 Å². The molecule has 0 aromatic heterocycles. The van der Waals surface area contributed by atoms with Crippen LogP contribution in [0.3, 0.4) is 0 Å². The third kappa shape index (κ3) is 3.48. The summed E-state index contributed by atoms with van der Waals surface area (Å²) < 4.78 is 5.53. The molecule has 1 fully saturated rings. The first kappa shape index (κ1) is 20.4. The standard InChI is InChI=1S/C26H23NO4/c1-16-13-14-18(15-17(16)2)24(28)22-23(20-11-7-8-12-21(20)31-3)27(26(30)25(22)29)19-9-5-4-6-10-19/h4-15,23,28H,1-3H3/b24-22+. The van der Waals surface area contributed by atoms with Gasteiger partial charge >= 0.3 is 0 Å². The second kappa shape index (κ2) is 8.11. The van der Waals surface area contributed by atoms with Crippen LogP contribution in [0.2, 0.25) is 0 Å². The number of Topliss-reactive ketones (excluding diaryl/α,β-unsaturated/α-hetero) is 1. The number of aryl methyl sites for hydroxylation is 2. The predicted molar refractivity (Wildman–Crippen MR) is 120 cm³/mol.